The highest BCUT2D eigenvalue weighted by Gasteiger charge is 2.34. The van der Waals surface area contributed by atoms with Gasteiger partial charge in [-0.15, -0.1) is 0 Å². The summed E-state index contributed by atoms with van der Waals surface area (Å²) in [6.45, 7) is 3.45. The molecule has 1 aliphatic heterocycles. The Labute approximate surface area is 173 Å². The van der Waals surface area contributed by atoms with E-state index in [-0.39, 0.29) is 17.5 Å². The molecule has 3 aromatic heterocycles. The Morgan fingerprint density at radius 2 is 2.10 bits per heavy atom. The van der Waals surface area contributed by atoms with E-state index in [1.54, 1.807) is 29.3 Å². The lowest BCUT2D eigenvalue weighted by Gasteiger charge is -2.22. The summed E-state index contributed by atoms with van der Waals surface area (Å²) < 4.78 is 16.3. The van der Waals surface area contributed by atoms with Crippen LogP contribution in [0.3, 0.4) is 0 Å². The minimum Gasteiger partial charge on any atom is -0.346 e. The fourth-order valence-electron chi connectivity index (χ4n) is 4.41. The summed E-state index contributed by atoms with van der Waals surface area (Å²) in [6, 6.07) is 12.4. The van der Waals surface area contributed by atoms with E-state index in [1.807, 2.05) is 31.5 Å². The molecular formula is C23H22FN5O. The number of halogens is 1. The summed E-state index contributed by atoms with van der Waals surface area (Å²) in [5, 5.41) is 6.79. The number of fused-ring (bicyclic) bond motifs is 1. The highest BCUT2D eigenvalue weighted by Crippen LogP contribution is 2.28. The summed E-state index contributed by atoms with van der Waals surface area (Å²) in [6.07, 6.45) is 6.52. The number of H-pyrrole nitrogens is 1. The second kappa shape index (κ2) is 7.40. The first-order valence-corrected chi connectivity index (χ1v) is 10.1. The van der Waals surface area contributed by atoms with Gasteiger partial charge in [-0.05, 0) is 49.6 Å². The van der Waals surface area contributed by atoms with Gasteiger partial charge >= 0.3 is 0 Å². The SMILES string of the molecule is C[C@H]1CC(Cn2ccc3nc(-c4cn[nH]c4)ccc32)CN1C(=O)c1ccccc1F. The van der Waals surface area contributed by atoms with Crippen LogP contribution in [0.25, 0.3) is 22.3 Å². The molecule has 1 fully saturated rings. The molecule has 1 saturated heterocycles. The highest BCUT2D eigenvalue weighted by molar-refractivity contribution is 5.94. The summed E-state index contributed by atoms with van der Waals surface area (Å²) in [4.78, 5) is 19.4. The van der Waals surface area contributed by atoms with Gasteiger partial charge in [-0.1, -0.05) is 12.1 Å². The van der Waals surface area contributed by atoms with Crippen molar-refractivity contribution in [2.75, 3.05) is 6.54 Å². The number of carbonyl (C=O) groups is 1. The van der Waals surface area contributed by atoms with Crippen molar-refractivity contribution in [3.63, 3.8) is 0 Å². The predicted molar refractivity (Wildman–Crippen MR) is 112 cm³/mol. The molecule has 2 atom stereocenters. The van der Waals surface area contributed by atoms with Gasteiger partial charge < -0.3 is 9.47 Å². The van der Waals surface area contributed by atoms with Crippen LogP contribution in [0.2, 0.25) is 0 Å². The van der Waals surface area contributed by atoms with Gasteiger partial charge in [-0.3, -0.25) is 9.89 Å². The van der Waals surface area contributed by atoms with E-state index in [0.29, 0.717) is 12.5 Å². The average molecular weight is 403 g/mol. The maximum absolute atomic E-state index is 14.1. The minimum atomic E-state index is -0.464. The summed E-state index contributed by atoms with van der Waals surface area (Å²) in [5.74, 6) is -0.388. The molecule has 6 nitrogen and oxygen atoms in total. The number of rotatable bonds is 4. The summed E-state index contributed by atoms with van der Waals surface area (Å²) >= 11 is 0. The maximum atomic E-state index is 14.1. The molecule has 4 heterocycles. The standard InChI is InChI=1S/C23H22FN5O/c1-15-10-16(14-29(15)23(30)18-4-2-3-5-19(18)24)13-28-9-8-21-22(28)7-6-20(27-21)17-11-25-26-12-17/h2-9,11-12,15-16H,10,13-14H2,1H3,(H,25,26)/t15-,16?/m0/s1. The first-order valence-electron chi connectivity index (χ1n) is 10.1. The van der Waals surface area contributed by atoms with Gasteiger partial charge in [-0.25, -0.2) is 9.37 Å². The second-order valence-corrected chi connectivity index (χ2v) is 7.94. The lowest BCUT2D eigenvalue weighted by molar-refractivity contribution is 0.0737. The monoisotopic (exact) mass is 403 g/mol. The van der Waals surface area contributed by atoms with Crippen LogP contribution in [0, 0.1) is 11.7 Å². The van der Waals surface area contributed by atoms with Crippen LogP contribution in [-0.4, -0.2) is 43.1 Å². The van der Waals surface area contributed by atoms with E-state index in [1.165, 1.54) is 6.07 Å². The van der Waals surface area contributed by atoms with Gasteiger partial charge in [0.2, 0.25) is 0 Å². The molecule has 5 rings (SSSR count). The Kier molecular flexibility index (Phi) is 4.58. The molecule has 1 unspecified atom stereocenters. The molecule has 152 valence electrons. The van der Waals surface area contributed by atoms with Gasteiger partial charge in [0, 0.05) is 37.1 Å². The molecule has 4 aromatic rings. The number of hydrogen-bond donors (Lipinski definition) is 1. The molecule has 30 heavy (non-hydrogen) atoms. The van der Waals surface area contributed by atoms with Crippen molar-refractivity contribution in [1.82, 2.24) is 24.6 Å². The van der Waals surface area contributed by atoms with Gasteiger partial charge in [0.1, 0.15) is 5.82 Å². The molecular weight excluding hydrogens is 381 g/mol. The van der Waals surface area contributed by atoms with Crippen LogP contribution in [0.15, 0.2) is 61.1 Å². The third-order valence-electron chi connectivity index (χ3n) is 5.90. The topological polar surface area (TPSA) is 66.8 Å². The van der Waals surface area contributed by atoms with Gasteiger partial charge in [0.05, 0.1) is 28.5 Å². The number of amides is 1. The number of nitrogens with zero attached hydrogens (tertiary/aromatic N) is 4. The van der Waals surface area contributed by atoms with E-state index in [0.717, 1.165) is 35.3 Å². The van der Waals surface area contributed by atoms with E-state index in [9.17, 15) is 9.18 Å². The number of nitrogens with one attached hydrogen (secondary N) is 1. The number of likely N-dealkylation sites (tertiary alicyclic amines) is 1. The van der Waals surface area contributed by atoms with Crippen molar-refractivity contribution in [2.24, 2.45) is 5.92 Å². The quantitative estimate of drug-likeness (QED) is 0.557. The fourth-order valence-corrected chi connectivity index (χ4v) is 4.41. The normalized spacial score (nSPS) is 18.9. The van der Waals surface area contributed by atoms with E-state index >= 15 is 0 Å². The molecule has 0 aliphatic carbocycles. The highest BCUT2D eigenvalue weighted by atomic mass is 19.1. The molecule has 1 aromatic carbocycles. The first kappa shape index (κ1) is 18.5. The molecule has 0 radical (unpaired) electrons. The van der Waals surface area contributed by atoms with Crippen LogP contribution in [0.5, 0.6) is 0 Å². The predicted octanol–water partition coefficient (Wildman–Crippen LogP) is 4.12. The lowest BCUT2D eigenvalue weighted by atomic mass is 10.1. The van der Waals surface area contributed by atoms with Gasteiger partial charge in [0.25, 0.3) is 5.91 Å². The number of benzene rings is 1. The minimum absolute atomic E-state index is 0.0785. The largest absolute Gasteiger partial charge is 0.346 e. The van der Waals surface area contributed by atoms with Gasteiger partial charge in [-0.2, -0.15) is 5.10 Å². The Morgan fingerprint density at radius 1 is 1.23 bits per heavy atom. The van der Waals surface area contributed by atoms with Crippen LogP contribution in [-0.2, 0) is 6.54 Å². The smallest absolute Gasteiger partial charge is 0.257 e. The number of aromatic amines is 1. The van der Waals surface area contributed by atoms with Crippen molar-refractivity contribution in [3.8, 4) is 11.3 Å². The van der Waals surface area contributed by atoms with E-state index < -0.39 is 5.82 Å². The van der Waals surface area contributed by atoms with Crippen molar-refractivity contribution in [2.45, 2.75) is 25.9 Å². The Hall–Kier alpha value is -3.48. The third-order valence-corrected chi connectivity index (χ3v) is 5.90. The van der Waals surface area contributed by atoms with E-state index in [4.69, 9.17) is 4.98 Å². The van der Waals surface area contributed by atoms with E-state index in [2.05, 4.69) is 20.8 Å². The molecule has 0 saturated carbocycles. The fraction of sp³-hybridized carbons (Fsp3) is 0.261. The number of aromatic nitrogens is 4. The molecule has 1 N–H and O–H groups in total. The van der Waals surface area contributed by atoms with Crippen LogP contribution < -0.4 is 0 Å². The molecule has 0 bridgehead atoms. The number of pyridine rings is 1. The summed E-state index contributed by atoms with van der Waals surface area (Å²) in [7, 11) is 0. The first-order chi connectivity index (χ1) is 14.6. The number of hydrogen-bond acceptors (Lipinski definition) is 3. The Morgan fingerprint density at radius 3 is 2.90 bits per heavy atom. The van der Waals surface area contributed by atoms with Crippen molar-refractivity contribution in [3.05, 3.63) is 72.4 Å². The molecule has 0 spiro atoms. The Balaban J connectivity index is 1.33. The van der Waals surface area contributed by atoms with Crippen molar-refractivity contribution >= 4 is 16.9 Å². The molecule has 1 amide bonds. The third kappa shape index (κ3) is 3.26. The van der Waals surface area contributed by atoms with Crippen molar-refractivity contribution < 1.29 is 9.18 Å². The lowest BCUT2D eigenvalue weighted by Crippen LogP contribution is -2.34. The van der Waals surface area contributed by atoms with Crippen molar-refractivity contribution in [1.29, 1.82) is 0 Å². The number of carbonyl (C=O) groups excluding carboxylic acids is 1. The summed E-state index contributed by atoms with van der Waals surface area (Å²) in [5.41, 5.74) is 3.97. The Bertz CT molecular complexity index is 1200. The maximum Gasteiger partial charge on any atom is 0.257 e. The molecule has 1 aliphatic rings. The zero-order valence-corrected chi connectivity index (χ0v) is 16.6. The second-order valence-electron chi connectivity index (χ2n) is 7.94. The van der Waals surface area contributed by atoms with Crippen LogP contribution in [0.4, 0.5) is 4.39 Å². The van der Waals surface area contributed by atoms with Crippen LogP contribution >= 0.6 is 0 Å². The zero-order valence-electron chi connectivity index (χ0n) is 16.6. The molecule has 7 heteroatoms. The average Bonchev–Trinajstić information content (AvgIpc) is 3.48. The van der Waals surface area contributed by atoms with Crippen LogP contribution in [0.1, 0.15) is 23.7 Å². The van der Waals surface area contributed by atoms with Gasteiger partial charge in [0.15, 0.2) is 0 Å². The zero-order chi connectivity index (χ0) is 20.7.